The quantitative estimate of drug-likeness (QED) is 0.828. The van der Waals surface area contributed by atoms with Crippen molar-refractivity contribution in [1.82, 2.24) is 19.7 Å². The first-order valence-electron chi connectivity index (χ1n) is 5.96. The van der Waals surface area contributed by atoms with Crippen LogP contribution in [0.2, 0.25) is 0 Å². The van der Waals surface area contributed by atoms with Crippen LogP contribution in [0.25, 0.3) is 0 Å². The van der Waals surface area contributed by atoms with E-state index in [9.17, 15) is 0 Å². The highest BCUT2D eigenvalue weighted by Crippen LogP contribution is 2.09. The third kappa shape index (κ3) is 3.59. The van der Waals surface area contributed by atoms with E-state index >= 15 is 0 Å². The number of rotatable bonds is 5. The molecule has 0 bridgehead atoms. The molecule has 0 aliphatic carbocycles. The number of aryl methyl sites for hydroxylation is 1. The largest absolute Gasteiger partial charge is 0.389 e. The van der Waals surface area contributed by atoms with Crippen LogP contribution in [-0.4, -0.2) is 31.7 Å². The van der Waals surface area contributed by atoms with Crippen molar-refractivity contribution in [2.45, 2.75) is 13.1 Å². The monoisotopic (exact) mass is 275 g/mol. The first-order valence-corrected chi connectivity index (χ1v) is 6.37. The van der Waals surface area contributed by atoms with Crippen molar-refractivity contribution in [2.24, 2.45) is 12.8 Å². The van der Waals surface area contributed by atoms with Crippen LogP contribution in [0.3, 0.4) is 0 Å². The molecule has 0 fully saturated rings. The third-order valence-electron chi connectivity index (χ3n) is 2.88. The van der Waals surface area contributed by atoms with Gasteiger partial charge in [0.15, 0.2) is 0 Å². The van der Waals surface area contributed by atoms with Crippen LogP contribution < -0.4 is 5.73 Å². The van der Waals surface area contributed by atoms with Crippen molar-refractivity contribution in [3.05, 3.63) is 47.5 Å². The van der Waals surface area contributed by atoms with Crippen molar-refractivity contribution in [3.63, 3.8) is 0 Å². The molecular formula is C13H17N5S. The summed E-state index contributed by atoms with van der Waals surface area (Å²) in [6.45, 7) is 1.55. The fourth-order valence-corrected chi connectivity index (χ4v) is 2.02. The van der Waals surface area contributed by atoms with E-state index in [1.807, 2.05) is 32.3 Å². The minimum absolute atomic E-state index is 0.429. The SMILES string of the molecule is CN(Cc1cccc(C(N)=S)c1)Cc1ncnn1C. The number of aromatic nitrogens is 3. The molecule has 0 amide bonds. The maximum Gasteiger partial charge on any atom is 0.140 e. The zero-order valence-electron chi connectivity index (χ0n) is 11.1. The molecule has 1 heterocycles. The molecule has 1 aromatic carbocycles. The average molecular weight is 275 g/mol. The molecular weight excluding hydrogens is 258 g/mol. The van der Waals surface area contributed by atoms with E-state index < -0.39 is 0 Å². The fraction of sp³-hybridized carbons (Fsp3) is 0.308. The second-order valence-electron chi connectivity index (χ2n) is 4.54. The Morgan fingerprint density at radius 1 is 1.42 bits per heavy atom. The van der Waals surface area contributed by atoms with Gasteiger partial charge in [-0.25, -0.2) is 4.98 Å². The lowest BCUT2D eigenvalue weighted by atomic mass is 10.1. The number of hydrogen-bond acceptors (Lipinski definition) is 4. The molecule has 19 heavy (non-hydrogen) atoms. The van der Waals surface area contributed by atoms with Gasteiger partial charge in [-0.05, 0) is 18.7 Å². The van der Waals surface area contributed by atoms with Crippen LogP contribution in [-0.2, 0) is 20.1 Å². The highest BCUT2D eigenvalue weighted by atomic mass is 32.1. The predicted molar refractivity (Wildman–Crippen MR) is 78.5 cm³/mol. The van der Waals surface area contributed by atoms with Crippen molar-refractivity contribution in [3.8, 4) is 0 Å². The van der Waals surface area contributed by atoms with Crippen LogP contribution in [0.4, 0.5) is 0 Å². The standard InChI is InChI=1S/C13H17N5S/c1-17(8-12-15-9-16-18(12)2)7-10-4-3-5-11(6-10)13(14)19/h3-6,9H,7-8H2,1-2H3,(H2,14,19). The molecule has 0 unspecified atom stereocenters. The molecule has 0 aliphatic heterocycles. The summed E-state index contributed by atoms with van der Waals surface area (Å²) >= 11 is 4.99. The summed E-state index contributed by atoms with van der Waals surface area (Å²) in [5.74, 6) is 0.938. The van der Waals surface area contributed by atoms with E-state index in [-0.39, 0.29) is 0 Å². The Bertz CT molecular complexity index is 578. The molecule has 1 aromatic heterocycles. The highest BCUT2D eigenvalue weighted by molar-refractivity contribution is 7.80. The van der Waals surface area contributed by atoms with E-state index in [1.165, 1.54) is 5.56 Å². The normalized spacial score (nSPS) is 10.9. The van der Waals surface area contributed by atoms with Crippen LogP contribution in [0.5, 0.6) is 0 Å². The fourth-order valence-electron chi connectivity index (χ4n) is 1.90. The number of thiocarbonyl (C=S) groups is 1. The Kier molecular flexibility index (Phi) is 4.24. The van der Waals surface area contributed by atoms with E-state index in [0.717, 1.165) is 24.5 Å². The van der Waals surface area contributed by atoms with Crippen LogP contribution in [0, 0.1) is 0 Å². The smallest absolute Gasteiger partial charge is 0.140 e. The van der Waals surface area contributed by atoms with Gasteiger partial charge < -0.3 is 5.73 Å². The lowest BCUT2D eigenvalue weighted by Gasteiger charge is -2.16. The average Bonchev–Trinajstić information content (AvgIpc) is 2.75. The molecule has 6 heteroatoms. The molecule has 0 saturated carbocycles. The van der Waals surface area contributed by atoms with Gasteiger partial charge in [-0.1, -0.05) is 30.4 Å². The first-order chi connectivity index (χ1) is 9.06. The zero-order valence-corrected chi connectivity index (χ0v) is 11.9. The highest BCUT2D eigenvalue weighted by Gasteiger charge is 2.07. The van der Waals surface area contributed by atoms with Crippen LogP contribution in [0.15, 0.2) is 30.6 Å². The number of nitrogens with two attached hydrogens (primary N) is 1. The summed E-state index contributed by atoms with van der Waals surface area (Å²) in [6.07, 6.45) is 1.57. The predicted octanol–water partition coefficient (Wildman–Crippen LogP) is 1.08. The van der Waals surface area contributed by atoms with Crippen molar-refractivity contribution in [2.75, 3.05) is 7.05 Å². The van der Waals surface area contributed by atoms with Gasteiger partial charge in [-0.2, -0.15) is 5.10 Å². The van der Waals surface area contributed by atoms with E-state index in [1.54, 1.807) is 11.0 Å². The lowest BCUT2D eigenvalue weighted by molar-refractivity contribution is 0.305. The van der Waals surface area contributed by atoms with Gasteiger partial charge in [-0.15, -0.1) is 0 Å². The number of benzene rings is 1. The lowest BCUT2D eigenvalue weighted by Crippen LogP contribution is -2.20. The van der Waals surface area contributed by atoms with Gasteiger partial charge in [0.25, 0.3) is 0 Å². The Morgan fingerprint density at radius 2 is 2.21 bits per heavy atom. The summed E-state index contributed by atoms with van der Waals surface area (Å²) in [5, 5.41) is 4.06. The summed E-state index contributed by atoms with van der Waals surface area (Å²) in [6, 6.07) is 7.99. The van der Waals surface area contributed by atoms with E-state index in [0.29, 0.717) is 4.99 Å². The first kappa shape index (κ1) is 13.6. The molecule has 2 aromatic rings. The molecule has 0 saturated heterocycles. The summed E-state index contributed by atoms with van der Waals surface area (Å²) in [4.78, 5) is 6.81. The Morgan fingerprint density at radius 3 is 2.84 bits per heavy atom. The number of hydrogen-bond donors (Lipinski definition) is 1. The molecule has 100 valence electrons. The molecule has 0 aliphatic rings. The van der Waals surface area contributed by atoms with Gasteiger partial charge in [0.2, 0.25) is 0 Å². The molecule has 0 atom stereocenters. The molecule has 0 radical (unpaired) electrons. The summed E-state index contributed by atoms with van der Waals surface area (Å²) < 4.78 is 1.78. The maximum absolute atomic E-state index is 5.64. The Hall–Kier alpha value is -1.79. The summed E-state index contributed by atoms with van der Waals surface area (Å²) in [5.41, 5.74) is 7.72. The van der Waals surface area contributed by atoms with E-state index in [4.69, 9.17) is 18.0 Å². The minimum atomic E-state index is 0.429. The van der Waals surface area contributed by atoms with Crippen molar-refractivity contribution in [1.29, 1.82) is 0 Å². The second-order valence-corrected chi connectivity index (χ2v) is 4.98. The summed E-state index contributed by atoms with van der Waals surface area (Å²) in [7, 11) is 3.94. The van der Waals surface area contributed by atoms with E-state index in [2.05, 4.69) is 21.0 Å². The number of nitrogens with zero attached hydrogens (tertiary/aromatic N) is 4. The Balaban J connectivity index is 2.02. The van der Waals surface area contributed by atoms with Crippen molar-refractivity contribution >= 4 is 17.2 Å². The van der Waals surface area contributed by atoms with Crippen molar-refractivity contribution < 1.29 is 0 Å². The molecule has 2 rings (SSSR count). The Labute approximate surface area is 118 Å². The maximum atomic E-state index is 5.64. The second kappa shape index (κ2) is 5.90. The minimum Gasteiger partial charge on any atom is -0.389 e. The van der Waals surface area contributed by atoms with Gasteiger partial charge in [0, 0.05) is 19.2 Å². The molecule has 0 spiro atoms. The van der Waals surface area contributed by atoms with Gasteiger partial charge in [0.1, 0.15) is 17.1 Å². The van der Waals surface area contributed by atoms with Gasteiger partial charge >= 0.3 is 0 Å². The topological polar surface area (TPSA) is 60.0 Å². The van der Waals surface area contributed by atoms with Crippen LogP contribution >= 0.6 is 12.2 Å². The zero-order chi connectivity index (χ0) is 13.8. The van der Waals surface area contributed by atoms with Gasteiger partial charge in [0.05, 0.1) is 6.54 Å². The van der Waals surface area contributed by atoms with Crippen LogP contribution in [0.1, 0.15) is 17.0 Å². The van der Waals surface area contributed by atoms with Gasteiger partial charge in [-0.3, -0.25) is 9.58 Å². The molecule has 5 nitrogen and oxygen atoms in total. The third-order valence-corrected chi connectivity index (χ3v) is 3.12. The molecule has 2 N–H and O–H groups in total.